The zero-order valence-corrected chi connectivity index (χ0v) is 13.0. The Labute approximate surface area is 135 Å². The maximum Gasteiger partial charge on any atom is 0.231 e. The Morgan fingerprint density at radius 1 is 1.13 bits per heavy atom. The molecule has 0 saturated heterocycles. The zero-order valence-electron chi connectivity index (χ0n) is 13.0. The fourth-order valence-electron chi connectivity index (χ4n) is 3.43. The number of rotatable bonds is 3. The Morgan fingerprint density at radius 2 is 1.91 bits per heavy atom. The Balaban J connectivity index is 1.83. The molecule has 4 nitrogen and oxygen atoms in total. The van der Waals surface area contributed by atoms with E-state index in [1.807, 2.05) is 43.3 Å². The quantitative estimate of drug-likeness (QED) is 0.871. The fraction of sp³-hybridized carbons (Fsp3) is 0.316. The van der Waals surface area contributed by atoms with E-state index in [9.17, 15) is 4.79 Å². The van der Waals surface area contributed by atoms with Crippen molar-refractivity contribution in [1.29, 1.82) is 0 Å². The van der Waals surface area contributed by atoms with Gasteiger partial charge in [-0.05, 0) is 36.2 Å². The molecule has 0 N–H and O–H groups in total. The molecular weight excluding hydrogens is 292 g/mol. The van der Waals surface area contributed by atoms with Crippen LogP contribution in [0.25, 0.3) is 0 Å². The van der Waals surface area contributed by atoms with Crippen LogP contribution in [-0.2, 0) is 11.2 Å². The van der Waals surface area contributed by atoms with Gasteiger partial charge in [-0.15, -0.1) is 0 Å². The van der Waals surface area contributed by atoms with E-state index in [1.165, 1.54) is 0 Å². The second-order valence-electron chi connectivity index (χ2n) is 5.85. The minimum absolute atomic E-state index is 0.00324. The first-order valence-corrected chi connectivity index (χ1v) is 7.92. The highest BCUT2D eigenvalue weighted by atomic mass is 16.7. The number of para-hydroxylation sites is 1. The lowest BCUT2D eigenvalue weighted by Crippen LogP contribution is -2.19. The zero-order chi connectivity index (χ0) is 15.8. The molecule has 1 aliphatic heterocycles. The molecule has 23 heavy (non-hydrogen) atoms. The fourth-order valence-corrected chi connectivity index (χ4v) is 3.43. The summed E-state index contributed by atoms with van der Waals surface area (Å²) in [6, 6.07) is 11.9. The smallest absolute Gasteiger partial charge is 0.231 e. The van der Waals surface area contributed by atoms with Crippen molar-refractivity contribution in [1.82, 2.24) is 0 Å². The molecule has 0 unspecified atom stereocenters. The normalized spacial score (nSPS) is 18.7. The first-order valence-electron chi connectivity index (χ1n) is 7.92. The summed E-state index contributed by atoms with van der Waals surface area (Å²) in [5.41, 5.74) is 3.23. The van der Waals surface area contributed by atoms with Gasteiger partial charge in [-0.1, -0.05) is 18.2 Å². The lowest BCUT2D eigenvalue weighted by atomic mass is 9.78. The van der Waals surface area contributed by atoms with E-state index in [-0.39, 0.29) is 18.5 Å². The Kier molecular flexibility index (Phi) is 3.45. The minimum Gasteiger partial charge on any atom is -0.494 e. The van der Waals surface area contributed by atoms with Gasteiger partial charge in [0, 0.05) is 24.3 Å². The molecule has 118 valence electrons. The first-order chi connectivity index (χ1) is 11.3. The number of hydrogen-bond acceptors (Lipinski definition) is 4. The average Bonchev–Trinajstić information content (AvgIpc) is 3.00. The summed E-state index contributed by atoms with van der Waals surface area (Å²) in [5, 5.41) is 0. The molecule has 2 aromatic rings. The molecule has 4 rings (SSSR count). The number of ether oxygens (including phenoxy) is 3. The van der Waals surface area contributed by atoms with E-state index in [0.29, 0.717) is 19.4 Å². The number of benzene rings is 2. The molecule has 2 aromatic carbocycles. The van der Waals surface area contributed by atoms with E-state index in [4.69, 9.17) is 14.2 Å². The monoisotopic (exact) mass is 310 g/mol. The van der Waals surface area contributed by atoms with Crippen molar-refractivity contribution >= 4 is 5.78 Å². The first kappa shape index (κ1) is 14.1. The van der Waals surface area contributed by atoms with Gasteiger partial charge in [-0.2, -0.15) is 0 Å². The maximum absolute atomic E-state index is 12.3. The van der Waals surface area contributed by atoms with Crippen molar-refractivity contribution in [3.8, 4) is 17.2 Å². The van der Waals surface area contributed by atoms with Crippen molar-refractivity contribution in [2.24, 2.45) is 0 Å². The summed E-state index contributed by atoms with van der Waals surface area (Å²) in [5.74, 6) is 2.58. The van der Waals surface area contributed by atoms with Gasteiger partial charge >= 0.3 is 0 Å². The average molecular weight is 310 g/mol. The number of Topliss-reactive ketones (excluding diaryl/α,β-unsaturated/α-hetero) is 1. The molecule has 0 bridgehead atoms. The van der Waals surface area contributed by atoms with Crippen LogP contribution in [0.2, 0.25) is 0 Å². The Bertz CT molecular complexity index is 766. The topological polar surface area (TPSA) is 44.8 Å². The van der Waals surface area contributed by atoms with E-state index in [1.54, 1.807) is 0 Å². The van der Waals surface area contributed by atoms with Gasteiger partial charge in [0.2, 0.25) is 6.79 Å². The van der Waals surface area contributed by atoms with Crippen molar-refractivity contribution in [2.75, 3.05) is 13.4 Å². The highest BCUT2D eigenvalue weighted by Gasteiger charge is 2.31. The number of fused-ring (bicyclic) bond motifs is 2. The number of carbonyl (C=O) groups excluding carboxylic acids is 1. The molecule has 0 fully saturated rings. The van der Waals surface area contributed by atoms with Crippen LogP contribution in [0, 0.1) is 0 Å². The summed E-state index contributed by atoms with van der Waals surface area (Å²) in [7, 11) is 0. The van der Waals surface area contributed by atoms with E-state index < -0.39 is 0 Å². The summed E-state index contributed by atoms with van der Waals surface area (Å²) >= 11 is 0. The van der Waals surface area contributed by atoms with E-state index in [0.717, 1.165) is 33.9 Å². The van der Waals surface area contributed by atoms with Crippen LogP contribution >= 0.6 is 0 Å². The second-order valence-corrected chi connectivity index (χ2v) is 5.85. The molecule has 0 spiro atoms. The molecule has 1 heterocycles. The second kappa shape index (κ2) is 5.61. The predicted octanol–water partition coefficient (Wildman–Crippen LogP) is 3.46. The van der Waals surface area contributed by atoms with Crippen LogP contribution < -0.4 is 14.2 Å². The third kappa shape index (κ3) is 2.44. The highest BCUT2D eigenvalue weighted by molar-refractivity contribution is 5.85. The number of hydrogen-bond donors (Lipinski definition) is 0. The van der Waals surface area contributed by atoms with E-state index in [2.05, 4.69) is 0 Å². The van der Waals surface area contributed by atoms with Gasteiger partial charge in [0.05, 0.1) is 6.61 Å². The third-order valence-corrected chi connectivity index (χ3v) is 4.42. The largest absolute Gasteiger partial charge is 0.494 e. The summed E-state index contributed by atoms with van der Waals surface area (Å²) < 4.78 is 16.7. The molecule has 4 heteroatoms. The van der Waals surface area contributed by atoms with Crippen molar-refractivity contribution in [3.05, 3.63) is 53.1 Å². The summed E-state index contributed by atoms with van der Waals surface area (Å²) in [6.07, 6.45) is 0.954. The van der Waals surface area contributed by atoms with Gasteiger partial charge in [0.25, 0.3) is 0 Å². The minimum atomic E-state index is 0.00324. The van der Waals surface area contributed by atoms with Crippen LogP contribution in [0.1, 0.15) is 36.0 Å². The van der Waals surface area contributed by atoms with Gasteiger partial charge in [-0.3, -0.25) is 4.79 Å². The molecule has 0 saturated carbocycles. The predicted molar refractivity (Wildman–Crippen MR) is 85.3 cm³/mol. The lowest BCUT2D eigenvalue weighted by molar-refractivity contribution is -0.119. The molecule has 1 atom stereocenters. The van der Waals surface area contributed by atoms with Crippen molar-refractivity contribution in [3.63, 3.8) is 0 Å². The van der Waals surface area contributed by atoms with Crippen LogP contribution in [0.15, 0.2) is 36.4 Å². The van der Waals surface area contributed by atoms with Crippen molar-refractivity contribution in [2.45, 2.75) is 25.7 Å². The van der Waals surface area contributed by atoms with Crippen molar-refractivity contribution < 1.29 is 19.0 Å². The molecule has 0 aromatic heterocycles. The van der Waals surface area contributed by atoms with Crippen LogP contribution in [0.5, 0.6) is 17.2 Å². The van der Waals surface area contributed by atoms with Gasteiger partial charge in [0.15, 0.2) is 11.5 Å². The van der Waals surface area contributed by atoms with Gasteiger partial charge < -0.3 is 14.2 Å². The number of ketones is 1. The molecule has 2 aliphatic rings. The standard InChI is InChI=1S/C19H18O4/c1-2-21-17-6-4-3-5-14(17)16-9-13(20)7-12-8-18-19(10-15(12)16)23-11-22-18/h3-6,8,10,16H,2,7,9,11H2,1H3/t16-/m0/s1. The summed E-state index contributed by atoms with van der Waals surface area (Å²) in [6.45, 7) is 2.81. The molecular formula is C19H18O4. The SMILES string of the molecule is CCOc1ccccc1[C@@H]1CC(=O)Cc2cc3c(cc21)OCO3. The number of carbonyl (C=O) groups is 1. The molecule has 0 radical (unpaired) electrons. The van der Waals surface area contributed by atoms with Crippen LogP contribution in [-0.4, -0.2) is 19.2 Å². The van der Waals surface area contributed by atoms with Gasteiger partial charge in [0.1, 0.15) is 11.5 Å². The molecule has 0 amide bonds. The summed E-state index contributed by atoms with van der Waals surface area (Å²) in [4.78, 5) is 12.3. The third-order valence-electron chi connectivity index (χ3n) is 4.42. The van der Waals surface area contributed by atoms with E-state index >= 15 is 0 Å². The van der Waals surface area contributed by atoms with Gasteiger partial charge in [-0.25, -0.2) is 0 Å². The lowest BCUT2D eigenvalue weighted by Gasteiger charge is -2.27. The maximum atomic E-state index is 12.3. The van der Waals surface area contributed by atoms with Crippen LogP contribution in [0.3, 0.4) is 0 Å². The Morgan fingerprint density at radius 3 is 2.74 bits per heavy atom. The highest BCUT2D eigenvalue weighted by Crippen LogP contribution is 2.44. The van der Waals surface area contributed by atoms with Crippen LogP contribution in [0.4, 0.5) is 0 Å². The Hall–Kier alpha value is -2.49. The molecule has 1 aliphatic carbocycles.